The molecule has 2 rings (SSSR count). The molecule has 1 amide bonds. The van der Waals surface area contributed by atoms with Gasteiger partial charge in [-0.05, 0) is 36.8 Å². The molecule has 3 N–H and O–H groups in total. The third kappa shape index (κ3) is 2.67. The van der Waals surface area contributed by atoms with Crippen molar-refractivity contribution in [2.75, 3.05) is 11.1 Å². The number of carbonyl (C=O) groups excluding carboxylic acids is 1. The van der Waals surface area contributed by atoms with Gasteiger partial charge in [-0.3, -0.25) is 4.79 Å². The summed E-state index contributed by atoms with van der Waals surface area (Å²) in [6.45, 7) is 1.57. The summed E-state index contributed by atoms with van der Waals surface area (Å²) in [5, 5.41) is 2.47. The maximum absolute atomic E-state index is 13.6. The highest BCUT2D eigenvalue weighted by molar-refractivity contribution is 6.04. The number of amides is 1. The van der Waals surface area contributed by atoms with Crippen LogP contribution in [0.4, 0.5) is 20.3 Å². The maximum Gasteiger partial charge on any atom is 0.258 e. The summed E-state index contributed by atoms with van der Waals surface area (Å²) in [4.78, 5) is 15.4. The zero-order valence-electron chi connectivity index (χ0n) is 10.1. The fourth-order valence-corrected chi connectivity index (χ4v) is 1.56. The Labute approximate surface area is 108 Å². The minimum Gasteiger partial charge on any atom is -0.381 e. The number of aromatic nitrogens is 1. The first-order valence-electron chi connectivity index (χ1n) is 5.46. The number of carbonyl (C=O) groups is 1. The number of benzene rings is 1. The number of halogens is 2. The summed E-state index contributed by atoms with van der Waals surface area (Å²) < 4.78 is 26.7. The second kappa shape index (κ2) is 5.01. The first-order valence-corrected chi connectivity index (χ1v) is 5.46. The van der Waals surface area contributed by atoms with Crippen LogP contribution < -0.4 is 11.1 Å². The van der Waals surface area contributed by atoms with Crippen LogP contribution in [0.25, 0.3) is 0 Å². The van der Waals surface area contributed by atoms with Crippen molar-refractivity contribution in [2.45, 2.75) is 6.92 Å². The number of nitrogens with one attached hydrogen (secondary N) is 1. The molecule has 6 heteroatoms. The molecule has 0 saturated carbocycles. The van der Waals surface area contributed by atoms with E-state index >= 15 is 0 Å². The number of hydrogen-bond acceptors (Lipinski definition) is 3. The first kappa shape index (κ1) is 12.9. The van der Waals surface area contributed by atoms with E-state index in [1.54, 1.807) is 6.92 Å². The lowest BCUT2D eigenvalue weighted by molar-refractivity contribution is 0.102. The van der Waals surface area contributed by atoms with Crippen molar-refractivity contribution >= 4 is 17.4 Å². The van der Waals surface area contributed by atoms with E-state index in [0.29, 0.717) is 11.3 Å². The highest BCUT2D eigenvalue weighted by Gasteiger charge is 2.14. The standard InChI is InChI=1S/C13H11F2N3O/c1-7-6-8(2-3-10(7)14)18-13(19)9-4-5-17-12(16)11(9)15/h2-6H,1H3,(H2,16,17)(H,18,19). The number of hydrogen-bond donors (Lipinski definition) is 2. The highest BCUT2D eigenvalue weighted by Crippen LogP contribution is 2.17. The van der Waals surface area contributed by atoms with E-state index in [0.717, 1.165) is 0 Å². The fourth-order valence-electron chi connectivity index (χ4n) is 1.56. The molecular weight excluding hydrogens is 252 g/mol. The van der Waals surface area contributed by atoms with Gasteiger partial charge in [0.25, 0.3) is 5.91 Å². The summed E-state index contributed by atoms with van der Waals surface area (Å²) in [5.41, 5.74) is 5.82. The smallest absolute Gasteiger partial charge is 0.258 e. The third-order valence-corrected chi connectivity index (χ3v) is 2.58. The summed E-state index contributed by atoms with van der Waals surface area (Å²) in [6, 6.07) is 5.29. The minimum absolute atomic E-state index is 0.213. The largest absolute Gasteiger partial charge is 0.381 e. The normalized spacial score (nSPS) is 10.3. The van der Waals surface area contributed by atoms with Gasteiger partial charge >= 0.3 is 0 Å². The van der Waals surface area contributed by atoms with Gasteiger partial charge in [-0.15, -0.1) is 0 Å². The second-order valence-electron chi connectivity index (χ2n) is 3.98. The summed E-state index contributed by atoms with van der Waals surface area (Å²) in [5.74, 6) is -2.27. The Morgan fingerprint density at radius 3 is 2.74 bits per heavy atom. The average molecular weight is 263 g/mol. The van der Waals surface area contributed by atoms with Crippen LogP contribution in [-0.4, -0.2) is 10.9 Å². The van der Waals surface area contributed by atoms with Crippen LogP contribution in [0.5, 0.6) is 0 Å². The summed E-state index contributed by atoms with van der Waals surface area (Å²) >= 11 is 0. The van der Waals surface area contributed by atoms with Crippen LogP contribution in [0.3, 0.4) is 0 Å². The van der Waals surface area contributed by atoms with E-state index < -0.39 is 11.7 Å². The van der Waals surface area contributed by atoms with Gasteiger partial charge < -0.3 is 11.1 Å². The van der Waals surface area contributed by atoms with Crippen molar-refractivity contribution in [2.24, 2.45) is 0 Å². The molecule has 0 saturated heterocycles. The Hall–Kier alpha value is -2.50. The molecule has 0 unspecified atom stereocenters. The van der Waals surface area contributed by atoms with Gasteiger partial charge in [0, 0.05) is 11.9 Å². The molecule has 0 aliphatic carbocycles. The van der Waals surface area contributed by atoms with E-state index in [-0.39, 0.29) is 17.2 Å². The van der Waals surface area contributed by atoms with Crippen LogP contribution >= 0.6 is 0 Å². The van der Waals surface area contributed by atoms with E-state index in [9.17, 15) is 13.6 Å². The van der Waals surface area contributed by atoms with E-state index in [4.69, 9.17) is 5.73 Å². The SMILES string of the molecule is Cc1cc(NC(=O)c2ccnc(N)c2F)ccc1F. The lowest BCUT2D eigenvalue weighted by Gasteiger charge is -2.08. The topological polar surface area (TPSA) is 68.0 Å². The van der Waals surface area contributed by atoms with Crippen molar-refractivity contribution in [1.82, 2.24) is 4.98 Å². The number of rotatable bonds is 2. The monoisotopic (exact) mass is 263 g/mol. The van der Waals surface area contributed by atoms with Gasteiger partial charge in [0.1, 0.15) is 5.82 Å². The average Bonchev–Trinajstić information content (AvgIpc) is 2.37. The van der Waals surface area contributed by atoms with Crippen molar-refractivity contribution in [3.05, 3.63) is 53.2 Å². The van der Waals surface area contributed by atoms with Gasteiger partial charge in [0.2, 0.25) is 0 Å². The Bertz CT molecular complexity index is 644. The molecule has 0 aliphatic heterocycles. The van der Waals surface area contributed by atoms with E-state index in [2.05, 4.69) is 10.3 Å². The van der Waals surface area contributed by atoms with E-state index in [1.807, 2.05) is 0 Å². The van der Waals surface area contributed by atoms with Crippen molar-refractivity contribution in [3.63, 3.8) is 0 Å². The highest BCUT2D eigenvalue weighted by atomic mass is 19.1. The number of nitrogens with two attached hydrogens (primary N) is 1. The third-order valence-electron chi connectivity index (χ3n) is 2.58. The Morgan fingerprint density at radius 1 is 1.32 bits per heavy atom. The van der Waals surface area contributed by atoms with Gasteiger partial charge in [0.05, 0.1) is 5.56 Å². The van der Waals surface area contributed by atoms with Crippen LogP contribution in [0.2, 0.25) is 0 Å². The predicted molar refractivity (Wildman–Crippen MR) is 67.7 cm³/mol. The van der Waals surface area contributed by atoms with Gasteiger partial charge in [-0.2, -0.15) is 0 Å². The Balaban J connectivity index is 2.26. The van der Waals surface area contributed by atoms with Gasteiger partial charge in [-0.1, -0.05) is 0 Å². The summed E-state index contributed by atoms with van der Waals surface area (Å²) in [7, 11) is 0. The molecule has 0 aliphatic rings. The Morgan fingerprint density at radius 2 is 2.05 bits per heavy atom. The second-order valence-corrected chi connectivity index (χ2v) is 3.98. The number of nitrogen functional groups attached to an aromatic ring is 1. The van der Waals surface area contributed by atoms with Crippen molar-refractivity contribution in [3.8, 4) is 0 Å². The fraction of sp³-hybridized carbons (Fsp3) is 0.0769. The van der Waals surface area contributed by atoms with Crippen LogP contribution in [-0.2, 0) is 0 Å². The number of nitrogens with zero attached hydrogens (tertiary/aromatic N) is 1. The lowest BCUT2D eigenvalue weighted by atomic mass is 10.2. The maximum atomic E-state index is 13.6. The molecule has 0 atom stereocenters. The lowest BCUT2D eigenvalue weighted by Crippen LogP contribution is -2.15. The molecule has 19 heavy (non-hydrogen) atoms. The van der Waals surface area contributed by atoms with Gasteiger partial charge in [0.15, 0.2) is 11.6 Å². The van der Waals surface area contributed by atoms with Crippen LogP contribution in [0, 0.1) is 18.6 Å². The minimum atomic E-state index is -0.876. The number of pyridine rings is 1. The molecule has 1 aromatic carbocycles. The van der Waals surface area contributed by atoms with Crippen molar-refractivity contribution < 1.29 is 13.6 Å². The Kier molecular flexibility index (Phi) is 3.41. The molecule has 0 radical (unpaired) electrons. The molecule has 98 valence electrons. The van der Waals surface area contributed by atoms with Crippen LogP contribution in [0.1, 0.15) is 15.9 Å². The zero-order chi connectivity index (χ0) is 14.0. The molecule has 1 heterocycles. The summed E-state index contributed by atoms with van der Waals surface area (Å²) in [6.07, 6.45) is 1.24. The van der Waals surface area contributed by atoms with Crippen molar-refractivity contribution in [1.29, 1.82) is 0 Å². The quantitative estimate of drug-likeness (QED) is 0.874. The molecule has 1 aromatic heterocycles. The van der Waals surface area contributed by atoms with Crippen LogP contribution in [0.15, 0.2) is 30.5 Å². The zero-order valence-corrected chi connectivity index (χ0v) is 10.1. The number of anilines is 2. The number of aryl methyl sites for hydroxylation is 1. The molecule has 0 fully saturated rings. The molecular formula is C13H11F2N3O. The predicted octanol–water partition coefficient (Wildman–Crippen LogP) is 2.50. The van der Waals surface area contributed by atoms with E-state index in [1.165, 1.54) is 30.5 Å². The molecule has 4 nitrogen and oxygen atoms in total. The first-order chi connectivity index (χ1) is 8.99. The molecule has 0 bridgehead atoms. The molecule has 0 spiro atoms. The van der Waals surface area contributed by atoms with Gasteiger partial charge in [-0.25, -0.2) is 13.8 Å². The molecule has 2 aromatic rings.